The first-order valence-corrected chi connectivity index (χ1v) is 8.38. The Balaban J connectivity index is 2.12. The number of nitrogens with zero attached hydrogens (tertiary/aromatic N) is 2. The SMILES string of the molecule is CCCc1cc(-c2[nH]ncc2-c2nc(C)cs2)c(O)cc1OC. The molecule has 3 aromatic rings. The number of phenolic OH excluding ortho intramolecular Hbond substituents is 1. The molecule has 6 heteroatoms. The minimum absolute atomic E-state index is 0.167. The summed E-state index contributed by atoms with van der Waals surface area (Å²) in [5, 5.41) is 20.4. The van der Waals surface area contributed by atoms with Gasteiger partial charge in [-0.05, 0) is 25.0 Å². The third kappa shape index (κ3) is 2.94. The number of aryl methyl sites for hydroxylation is 2. The minimum atomic E-state index is 0.167. The summed E-state index contributed by atoms with van der Waals surface area (Å²) in [5.74, 6) is 0.875. The summed E-state index contributed by atoms with van der Waals surface area (Å²) in [6, 6.07) is 3.63. The van der Waals surface area contributed by atoms with Crippen LogP contribution in [0.15, 0.2) is 23.7 Å². The number of aromatic amines is 1. The molecule has 0 fully saturated rings. The van der Waals surface area contributed by atoms with Gasteiger partial charge in [-0.15, -0.1) is 11.3 Å². The van der Waals surface area contributed by atoms with Crippen LogP contribution in [0.2, 0.25) is 0 Å². The lowest BCUT2D eigenvalue weighted by atomic mass is 10.0. The Morgan fingerprint density at radius 1 is 1.30 bits per heavy atom. The number of nitrogens with one attached hydrogen (secondary N) is 1. The van der Waals surface area contributed by atoms with Crippen molar-refractivity contribution in [1.82, 2.24) is 15.2 Å². The fourth-order valence-electron chi connectivity index (χ4n) is 2.60. The Hall–Kier alpha value is -2.34. The van der Waals surface area contributed by atoms with Gasteiger partial charge in [0.25, 0.3) is 0 Å². The van der Waals surface area contributed by atoms with Crippen LogP contribution in [-0.2, 0) is 6.42 Å². The van der Waals surface area contributed by atoms with Gasteiger partial charge in [0, 0.05) is 22.7 Å². The molecule has 3 rings (SSSR count). The van der Waals surface area contributed by atoms with Gasteiger partial charge in [0.1, 0.15) is 16.5 Å². The summed E-state index contributed by atoms with van der Waals surface area (Å²) in [6.45, 7) is 4.08. The smallest absolute Gasteiger partial charge is 0.128 e. The van der Waals surface area contributed by atoms with E-state index in [1.54, 1.807) is 30.7 Å². The number of ether oxygens (including phenoxy) is 1. The molecule has 5 nitrogen and oxygen atoms in total. The second-order valence-corrected chi connectivity index (χ2v) is 6.24. The van der Waals surface area contributed by atoms with Gasteiger partial charge in [0.2, 0.25) is 0 Å². The maximum absolute atomic E-state index is 10.4. The second kappa shape index (κ2) is 6.42. The number of thiazole rings is 1. The maximum Gasteiger partial charge on any atom is 0.128 e. The van der Waals surface area contributed by atoms with E-state index in [2.05, 4.69) is 22.1 Å². The normalized spacial score (nSPS) is 10.9. The van der Waals surface area contributed by atoms with Gasteiger partial charge in [-0.25, -0.2) is 4.98 Å². The lowest BCUT2D eigenvalue weighted by molar-refractivity contribution is 0.403. The molecule has 0 atom stereocenters. The van der Waals surface area contributed by atoms with Crippen LogP contribution in [0.3, 0.4) is 0 Å². The topological polar surface area (TPSA) is 71.0 Å². The highest BCUT2D eigenvalue weighted by Crippen LogP contribution is 2.39. The highest BCUT2D eigenvalue weighted by atomic mass is 32.1. The average molecular weight is 329 g/mol. The highest BCUT2D eigenvalue weighted by molar-refractivity contribution is 7.13. The third-order valence-electron chi connectivity index (χ3n) is 3.68. The van der Waals surface area contributed by atoms with Crippen molar-refractivity contribution in [2.24, 2.45) is 0 Å². The molecule has 0 bridgehead atoms. The van der Waals surface area contributed by atoms with Crippen LogP contribution >= 0.6 is 11.3 Å². The zero-order valence-electron chi connectivity index (χ0n) is 13.4. The van der Waals surface area contributed by atoms with Crippen molar-refractivity contribution in [3.63, 3.8) is 0 Å². The number of hydrogen-bond acceptors (Lipinski definition) is 5. The lowest BCUT2D eigenvalue weighted by Gasteiger charge is -2.12. The minimum Gasteiger partial charge on any atom is -0.507 e. The van der Waals surface area contributed by atoms with E-state index >= 15 is 0 Å². The second-order valence-electron chi connectivity index (χ2n) is 5.38. The first-order valence-electron chi connectivity index (χ1n) is 7.50. The largest absolute Gasteiger partial charge is 0.507 e. The van der Waals surface area contributed by atoms with Crippen molar-refractivity contribution in [2.75, 3.05) is 7.11 Å². The Kier molecular flexibility index (Phi) is 4.34. The molecule has 1 aromatic carbocycles. The van der Waals surface area contributed by atoms with E-state index in [9.17, 15) is 5.11 Å². The first kappa shape index (κ1) is 15.6. The summed E-state index contributed by atoms with van der Waals surface area (Å²) in [5.41, 5.74) is 4.43. The molecule has 0 saturated heterocycles. The fraction of sp³-hybridized carbons (Fsp3) is 0.294. The van der Waals surface area contributed by atoms with Gasteiger partial charge in [-0.2, -0.15) is 5.10 Å². The molecular formula is C17H19N3O2S. The van der Waals surface area contributed by atoms with E-state index in [1.807, 2.05) is 18.4 Å². The first-order chi connectivity index (χ1) is 11.1. The molecule has 0 radical (unpaired) electrons. The van der Waals surface area contributed by atoms with Crippen molar-refractivity contribution in [3.05, 3.63) is 35.0 Å². The van der Waals surface area contributed by atoms with Gasteiger partial charge in [-0.3, -0.25) is 5.10 Å². The Morgan fingerprint density at radius 3 is 2.78 bits per heavy atom. The number of rotatable bonds is 5. The van der Waals surface area contributed by atoms with E-state index in [1.165, 1.54) is 0 Å². The van der Waals surface area contributed by atoms with Crippen LogP contribution in [0.25, 0.3) is 21.8 Å². The molecule has 0 aliphatic carbocycles. The Labute approximate surface area is 139 Å². The number of aromatic nitrogens is 3. The summed E-state index contributed by atoms with van der Waals surface area (Å²) in [4.78, 5) is 4.51. The summed E-state index contributed by atoms with van der Waals surface area (Å²) in [7, 11) is 1.62. The van der Waals surface area contributed by atoms with Gasteiger partial charge in [0.15, 0.2) is 0 Å². The summed E-state index contributed by atoms with van der Waals surface area (Å²) < 4.78 is 5.37. The van der Waals surface area contributed by atoms with Crippen LogP contribution in [0.5, 0.6) is 11.5 Å². The molecule has 0 saturated carbocycles. The number of H-pyrrole nitrogens is 1. The molecule has 0 aliphatic heterocycles. The molecule has 0 unspecified atom stereocenters. The van der Waals surface area contributed by atoms with Crippen molar-refractivity contribution in [3.8, 4) is 33.3 Å². The zero-order valence-corrected chi connectivity index (χ0v) is 14.2. The quantitative estimate of drug-likeness (QED) is 0.737. The molecular weight excluding hydrogens is 310 g/mol. The molecule has 0 aliphatic rings. The number of aromatic hydroxyl groups is 1. The van der Waals surface area contributed by atoms with Crippen LogP contribution < -0.4 is 4.74 Å². The van der Waals surface area contributed by atoms with Gasteiger partial charge in [-0.1, -0.05) is 13.3 Å². The average Bonchev–Trinajstić information content (AvgIpc) is 3.17. The summed E-state index contributed by atoms with van der Waals surface area (Å²) >= 11 is 1.57. The standard InChI is InChI=1S/C17H19N3O2S/c1-4-5-11-6-12(14(21)7-15(11)22-3)16-13(8-18-20-16)17-19-10(2)9-23-17/h6-9,21H,4-5H2,1-3H3,(H,18,20). The van der Waals surface area contributed by atoms with Crippen molar-refractivity contribution in [2.45, 2.75) is 26.7 Å². The van der Waals surface area contributed by atoms with Crippen LogP contribution in [-0.4, -0.2) is 27.4 Å². The maximum atomic E-state index is 10.4. The molecule has 23 heavy (non-hydrogen) atoms. The van der Waals surface area contributed by atoms with Gasteiger partial charge < -0.3 is 9.84 Å². The Morgan fingerprint density at radius 2 is 2.13 bits per heavy atom. The predicted octanol–water partition coefficient (Wildman–Crippen LogP) is 4.18. The fourth-order valence-corrected chi connectivity index (χ4v) is 3.41. The third-order valence-corrected chi connectivity index (χ3v) is 4.67. The van der Waals surface area contributed by atoms with E-state index in [4.69, 9.17) is 4.74 Å². The molecule has 2 heterocycles. The molecule has 120 valence electrons. The number of hydrogen-bond donors (Lipinski definition) is 2. The van der Waals surface area contributed by atoms with Crippen LogP contribution in [0.1, 0.15) is 24.6 Å². The van der Waals surface area contributed by atoms with E-state index in [-0.39, 0.29) is 5.75 Å². The lowest BCUT2D eigenvalue weighted by Crippen LogP contribution is -1.94. The van der Waals surface area contributed by atoms with Crippen LogP contribution in [0.4, 0.5) is 0 Å². The Bertz CT molecular complexity index is 823. The van der Waals surface area contributed by atoms with E-state index in [0.29, 0.717) is 5.75 Å². The summed E-state index contributed by atoms with van der Waals surface area (Å²) in [6.07, 6.45) is 3.63. The van der Waals surface area contributed by atoms with Crippen molar-refractivity contribution < 1.29 is 9.84 Å². The van der Waals surface area contributed by atoms with Gasteiger partial charge in [0.05, 0.1) is 24.6 Å². The number of methoxy groups -OCH3 is 1. The van der Waals surface area contributed by atoms with Crippen molar-refractivity contribution in [1.29, 1.82) is 0 Å². The van der Waals surface area contributed by atoms with Crippen LogP contribution in [0, 0.1) is 6.92 Å². The highest BCUT2D eigenvalue weighted by Gasteiger charge is 2.18. The molecule has 2 N–H and O–H groups in total. The molecule has 0 amide bonds. The van der Waals surface area contributed by atoms with E-state index in [0.717, 1.165) is 45.9 Å². The molecule has 2 aromatic heterocycles. The number of benzene rings is 1. The van der Waals surface area contributed by atoms with Crippen molar-refractivity contribution >= 4 is 11.3 Å². The predicted molar refractivity (Wildman–Crippen MR) is 92.1 cm³/mol. The van der Waals surface area contributed by atoms with E-state index < -0.39 is 0 Å². The monoisotopic (exact) mass is 329 g/mol. The van der Waals surface area contributed by atoms with Gasteiger partial charge >= 0.3 is 0 Å². The molecule has 0 spiro atoms. The zero-order chi connectivity index (χ0) is 16.4. The number of phenols is 1.